The minimum atomic E-state index is -1.98. The normalized spacial score (nSPS) is 16.1. The Labute approximate surface area is 167 Å². The van der Waals surface area contributed by atoms with Crippen LogP contribution in [0.5, 0.6) is 5.75 Å². The second kappa shape index (κ2) is 7.51. The van der Waals surface area contributed by atoms with Crippen LogP contribution in [-0.2, 0) is 22.5 Å². The molecule has 0 aliphatic carbocycles. The van der Waals surface area contributed by atoms with Gasteiger partial charge >= 0.3 is 0 Å². The van der Waals surface area contributed by atoms with E-state index >= 15 is 4.39 Å². The SMILES string of the molecule is O=C1CN(c2c(O)ccc(-c3ccc(=O)n(Cc4ccccc4)c3)c2F)S(=O)N1. The maximum absolute atomic E-state index is 15.3. The third kappa shape index (κ3) is 3.64. The number of carbonyl (C=O) groups is 1. The third-order valence-electron chi connectivity index (χ3n) is 4.52. The Hall–Kier alpha value is -3.46. The molecule has 0 spiro atoms. The molecule has 1 saturated heterocycles. The maximum Gasteiger partial charge on any atom is 0.253 e. The summed E-state index contributed by atoms with van der Waals surface area (Å²) in [5, 5.41) is 10.1. The van der Waals surface area contributed by atoms with Crippen molar-refractivity contribution in [2.45, 2.75) is 6.54 Å². The summed E-state index contributed by atoms with van der Waals surface area (Å²) >= 11 is -1.98. The number of hydrogen-bond donors (Lipinski definition) is 2. The molecule has 7 nitrogen and oxygen atoms in total. The molecule has 2 N–H and O–H groups in total. The summed E-state index contributed by atoms with van der Waals surface area (Å²) in [5.41, 5.74) is 0.850. The first kappa shape index (κ1) is 18.9. The molecule has 0 bridgehead atoms. The highest BCUT2D eigenvalue weighted by Crippen LogP contribution is 2.37. The molecule has 0 radical (unpaired) electrons. The van der Waals surface area contributed by atoms with Crippen molar-refractivity contribution in [1.29, 1.82) is 0 Å². The Kier molecular flexibility index (Phi) is 4.89. The van der Waals surface area contributed by atoms with Gasteiger partial charge in [0.25, 0.3) is 11.5 Å². The maximum atomic E-state index is 15.3. The highest BCUT2D eigenvalue weighted by molar-refractivity contribution is 7.85. The first-order chi connectivity index (χ1) is 13.9. The van der Waals surface area contributed by atoms with Gasteiger partial charge in [0, 0.05) is 23.4 Å². The van der Waals surface area contributed by atoms with Crippen molar-refractivity contribution < 1.29 is 18.5 Å². The Morgan fingerprint density at radius 3 is 2.52 bits per heavy atom. The fourth-order valence-corrected chi connectivity index (χ4v) is 4.09. The first-order valence-electron chi connectivity index (χ1n) is 8.69. The lowest BCUT2D eigenvalue weighted by molar-refractivity contribution is -0.117. The number of phenols is 1. The number of benzene rings is 2. The second-order valence-electron chi connectivity index (χ2n) is 6.48. The van der Waals surface area contributed by atoms with Gasteiger partial charge in [-0.15, -0.1) is 0 Å². The molecule has 148 valence electrons. The van der Waals surface area contributed by atoms with Crippen LogP contribution >= 0.6 is 0 Å². The van der Waals surface area contributed by atoms with Gasteiger partial charge in [-0.2, -0.15) is 0 Å². The zero-order chi connectivity index (χ0) is 20.5. The van der Waals surface area contributed by atoms with Gasteiger partial charge in [0.15, 0.2) is 5.82 Å². The predicted molar refractivity (Wildman–Crippen MR) is 107 cm³/mol. The number of rotatable bonds is 4. The van der Waals surface area contributed by atoms with Crippen molar-refractivity contribution in [2.75, 3.05) is 10.8 Å². The monoisotopic (exact) mass is 413 g/mol. The van der Waals surface area contributed by atoms with Gasteiger partial charge in [-0.25, -0.2) is 8.60 Å². The van der Waals surface area contributed by atoms with E-state index in [1.807, 2.05) is 30.3 Å². The van der Waals surface area contributed by atoms with E-state index in [-0.39, 0.29) is 23.4 Å². The minimum Gasteiger partial charge on any atom is -0.506 e. The van der Waals surface area contributed by atoms with Crippen LogP contribution in [0.15, 0.2) is 65.6 Å². The topological polar surface area (TPSA) is 91.6 Å². The molecule has 9 heteroatoms. The highest BCUT2D eigenvalue weighted by Gasteiger charge is 2.32. The van der Waals surface area contributed by atoms with E-state index in [4.69, 9.17) is 0 Å². The van der Waals surface area contributed by atoms with Gasteiger partial charge in [0.2, 0.25) is 11.2 Å². The quantitative estimate of drug-likeness (QED) is 0.684. The van der Waals surface area contributed by atoms with Crippen LogP contribution in [0.2, 0.25) is 0 Å². The Morgan fingerprint density at radius 1 is 1.07 bits per heavy atom. The van der Waals surface area contributed by atoms with E-state index in [1.165, 1.54) is 35.0 Å². The zero-order valence-electron chi connectivity index (χ0n) is 15.0. The van der Waals surface area contributed by atoms with Crippen molar-refractivity contribution in [3.8, 4) is 16.9 Å². The summed E-state index contributed by atoms with van der Waals surface area (Å²) in [5.74, 6) is -1.81. The van der Waals surface area contributed by atoms with Crippen molar-refractivity contribution >= 4 is 22.8 Å². The van der Waals surface area contributed by atoms with Crippen molar-refractivity contribution in [1.82, 2.24) is 9.29 Å². The molecule has 1 unspecified atom stereocenters. The predicted octanol–water partition coefficient (Wildman–Crippen LogP) is 1.92. The van der Waals surface area contributed by atoms with Crippen LogP contribution in [0.4, 0.5) is 10.1 Å². The van der Waals surface area contributed by atoms with Crippen molar-refractivity contribution in [2.24, 2.45) is 0 Å². The van der Waals surface area contributed by atoms with Crippen LogP contribution in [0.3, 0.4) is 0 Å². The average Bonchev–Trinajstić information content (AvgIpc) is 3.02. The number of phenolic OH excluding ortho intramolecular Hbond substituents is 1. The Bertz CT molecular complexity index is 1180. The van der Waals surface area contributed by atoms with E-state index in [2.05, 4.69) is 4.72 Å². The van der Waals surface area contributed by atoms with Crippen LogP contribution in [0, 0.1) is 5.82 Å². The summed E-state index contributed by atoms with van der Waals surface area (Å²) in [6.07, 6.45) is 1.53. The van der Waals surface area contributed by atoms with E-state index in [9.17, 15) is 18.9 Å². The molecule has 29 heavy (non-hydrogen) atoms. The number of anilines is 1. The summed E-state index contributed by atoms with van der Waals surface area (Å²) < 4.78 is 31.9. The number of aromatic hydroxyl groups is 1. The third-order valence-corrected chi connectivity index (χ3v) is 5.64. The lowest BCUT2D eigenvalue weighted by atomic mass is 10.1. The van der Waals surface area contributed by atoms with Crippen LogP contribution in [0.1, 0.15) is 5.56 Å². The molecule has 4 rings (SSSR count). The lowest BCUT2D eigenvalue weighted by Gasteiger charge is -2.18. The summed E-state index contributed by atoms with van der Waals surface area (Å²) in [6.45, 7) is -0.0251. The average molecular weight is 413 g/mol. The molecule has 1 aliphatic rings. The molecule has 1 atom stereocenters. The smallest absolute Gasteiger partial charge is 0.253 e. The summed E-state index contributed by atoms with van der Waals surface area (Å²) in [6, 6.07) is 14.8. The summed E-state index contributed by atoms with van der Waals surface area (Å²) in [4.78, 5) is 23.7. The van der Waals surface area contributed by atoms with Gasteiger partial charge in [-0.3, -0.25) is 18.6 Å². The van der Waals surface area contributed by atoms with Gasteiger partial charge in [-0.1, -0.05) is 30.3 Å². The number of halogens is 1. The van der Waals surface area contributed by atoms with Gasteiger partial charge in [0.05, 0.1) is 6.54 Å². The molecule has 1 amide bonds. The molecule has 1 fully saturated rings. The highest BCUT2D eigenvalue weighted by atomic mass is 32.2. The fourth-order valence-electron chi connectivity index (χ4n) is 3.14. The Morgan fingerprint density at radius 2 is 1.83 bits per heavy atom. The molecule has 1 aromatic heterocycles. The second-order valence-corrected chi connectivity index (χ2v) is 7.62. The zero-order valence-corrected chi connectivity index (χ0v) is 15.9. The van der Waals surface area contributed by atoms with E-state index < -0.39 is 28.6 Å². The van der Waals surface area contributed by atoms with Crippen LogP contribution in [0.25, 0.3) is 11.1 Å². The molecule has 0 saturated carbocycles. The number of hydrogen-bond acceptors (Lipinski definition) is 4. The van der Waals surface area contributed by atoms with Gasteiger partial charge in [0.1, 0.15) is 18.0 Å². The summed E-state index contributed by atoms with van der Waals surface area (Å²) in [7, 11) is 0. The van der Waals surface area contributed by atoms with E-state index in [1.54, 1.807) is 0 Å². The Balaban J connectivity index is 1.77. The minimum absolute atomic E-state index is 0.107. The number of aromatic nitrogens is 1. The van der Waals surface area contributed by atoms with Gasteiger partial charge < -0.3 is 9.67 Å². The van der Waals surface area contributed by atoms with Crippen LogP contribution in [-0.4, -0.2) is 26.3 Å². The molecule has 2 aromatic carbocycles. The number of amides is 1. The molecular formula is C20H16FN3O4S. The van der Waals surface area contributed by atoms with Crippen LogP contribution < -0.4 is 14.6 Å². The molecule has 3 aromatic rings. The largest absolute Gasteiger partial charge is 0.506 e. The van der Waals surface area contributed by atoms with E-state index in [0.29, 0.717) is 12.1 Å². The number of pyridine rings is 1. The molecule has 2 heterocycles. The van der Waals surface area contributed by atoms with Crippen molar-refractivity contribution in [3.63, 3.8) is 0 Å². The molecule has 1 aliphatic heterocycles. The molecular weight excluding hydrogens is 397 g/mol. The first-order valence-corrected chi connectivity index (χ1v) is 9.80. The van der Waals surface area contributed by atoms with Gasteiger partial charge in [-0.05, 0) is 23.8 Å². The number of nitrogens with zero attached hydrogens (tertiary/aromatic N) is 2. The fraction of sp³-hybridized carbons (Fsp3) is 0.100. The number of carbonyl (C=O) groups excluding carboxylic acids is 1. The van der Waals surface area contributed by atoms with Crippen molar-refractivity contribution in [3.05, 3.63) is 82.5 Å². The standard InChI is InChI=1S/C20H16FN3O4S/c21-19-15(7-8-16(25)20(19)24-12-17(26)22-29(24)28)14-6-9-18(27)23(11-14)10-13-4-2-1-3-5-13/h1-9,11,25H,10,12H2,(H,22,26). The van der Waals surface area contributed by atoms with E-state index in [0.717, 1.165) is 9.87 Å². The number of nitrogens with one attached hydrogen (secondary N) is 1. The lowest BCUT2D eigenvalue weighted by Crippen LogP contribution is -2.24.